The molecule has 1 aliphatic rings. The van der Waals surface area contributed by atoms with Gasteiger partial charge in [-0.25, -0.2) is 8.78 Å². The first-order valence-electron chi connectivity index (χ1n) is 8.35. The first-order valence-corrected chi connectivity index (χ1v) is 8.35. The summed E-state index contributed by atoms with van der Waals surface area (Å²) >= 11 is 0. The van der Waals surface area contributed by atoms with E-state index in [2.05, 4.69) is 10.6 Å². The van der Waals surface area contributed by atoms with E-state index in [9.17, 15) is 13.6 Å². The van der Waals surface area contributed by atoms with Crippen molar-refractivity contribution >= 4 is 11.6 Å². The van der Waals surface area contributed by atoms with Gasteiger partial charge in [-0.3, -0.25) is 10.1 Å². The quantitative estimate of drug-likeness (QED) is 0.856. The number of ether oxygens (including phenoxy) is 2. The Morgan fingerprint density at radius 3 is 2.50 bits per heavy atom. The molecule has 7 heteroatoms. The van der Waals surface area contributed by atoms with Crippen LogP contribution in [0.2, 0.25) is 0 Å². The number of carbonyl (C=O) groups is 1. The van der Waals surface area contributed by atoms with Crippen LogP contribution in [-0.2, 0) is 4.79 Å². The number of anilines is 1. The molecule has 2 aromatic rings. The number of amides is 1. The highest BCUT2D eigenvalue weighted by Gasteiger charge is 2.20. The van der Waals surface area contributed by atoms with Crippen LogP contribution >= 0.6 is 0 Å². The van der Waals surface area contributed by atoms with Crippen molar-refractivity contribution in [3.05, 3.63) is 53.6 Å². The average Bonchev–Trinajstić information content (AvgIpc) is 2.61. The highest BCUT2D eigenvalue weighted by molar-refractivity contribution is 5.94. The normalized spacial score (nSPS) is 15.2. The highest BCUT2D eigenvalue weighted by atomic mass is 19.1. The van der Waals surface area contributed by atoms with E-state index < -0.39 is 23.7 Å². The van der Waals surface area contributed by atoms with Gasteiger partial charge in [-0.2, -0.15) is 0 Å². The molecule has 0 saturated carbocycles. The molecule has 1 heterocycles. The number of benzene rings is 2. The van der Waals surface area contributed by atoms with Gasteiger partial charge in [-0.1, -0.05) is 6.07 Å². The Labute approximate surface area is 150 Å². The molecule has 0 saturated heterocycles. The van der Waals surface area contributed by atoms with Crippen LogP contribution in [0.5, 0.6) is 11.5 Å². The second kappa shape index (κ2) is 7.70. The zero-order chi connectivity index (χ0) is 18.7. The molecule has 2 aromatic carbocycles. The van der Waals surface area contributed by atoms with Crippen LogP contribution in [-0.4, -0.2) is 25.2 Å². The van der Waals surface area contributed by atoms with Gasteiger partial charge >= 0.3 is 0 Å². The molecule has 2 atom stereocenters. The van der Waals surface area contributed by atoms with Crippen LogP contribution in [0.3, 0.4) is 0 Å². The maximum Gasteiger partial charge on any atom is 0.241 e. The molecule has 0 aromatic heterocycles. The molecular weight excluding hydrogens is 342 g/mol. The number of halogens is 2. The van der Waals surface area contributed by atoms with Gasteiger partial charge in [-0.05, 0) is 32.0 Å². The molecule has 0 fully saturated rings. The summed E-state index contributed by atoms with van der Waals surface area (Å²) in [6.07, 6.45) is 0. The zero-order valence-electron chi connectivity index (χ0n) is 14.5. The Balaban J connectivity index is 1.62. The minimum atomic E-state index is -0.649. The van der Waals surface area contributed by atoms with Crippen molar-refractivity contribution in [2.24, 2.45) is 0 Å². The molecule has 0 bridgehead atoms. The second-order valence-corrected chi connectivity index (χ2v) is 6.12. The molecule has 5 nitrogen and oxygen atoms in total. The maximum atomic E-state index is 13.9. The molecule has 0 spiro atoms. The standard InChI is InChI=1S/C19H20F2N2O3/c1-11(15-5-3-13(20)9-16(15)21)22-12(2)19(24)23-14-4-6-17-18(10-14)26-8-7-25-17/h3-6,9-12,22H,7-8H2,1-2H3,(H,23,24). The molecular formula is C19H20F2N2O3. The topological polar surface area (TPSA) is 59.6 Å². The summed E-state index contributed by atoms with van der Waals surface area (Å²) in [6.45, 7) is 4.34. The second-order valence-electron chi connectivity index (χ2n) is 6.12. The summed E-state index contributed by atoms with van der Waals surface area (Å²) in [5, 5.41) is 5.79. The van der Waals surface area contributed by atoms with Gasteiger partial charge in [0.15, 0.2) is 11.5 Å². The molecule has 1 aliphatic heterocycles. The van der Waals surface area contributed by atoms with Gasteiger partial charge in [0.2, 0.25) is 5.91 Å². The number of hydrogen-bond acceptors (Lipinski definition) is 4. The lowest BCUT2D eigenvalue weighted by Gasteiger charge is -2.21. The third-order valence-corrected chi connectivity index (χ3v) is 4.13. The fourth-order valence-corrected chi connectivity index (χ4v) is 2.76. The SMILES string of the molecule is CC(NC(C)c1ccc(F)cc1F)C(=O)Nc1ccc2c(c1)OCCO2. The lowest BCUT2D eigenvalue weighted by Crippen LogP contribution is -2.39. The molecule has 0 aliphatic carbocycles. The number of carbonyl (C=O) groups excluding carboxylic acids is 1. The van der Waals surface area contributed by atoms with E-state index in [4.69, 9.17) is 9.47 Å². The van der Waals surface area contributed by atoms with Gasteiger partial charge in [-0.15, -0.1) is 0 Å². The van der Waals surface area contributed by atoms with E-state index in [0.717, 1.165) is 6.07 Å². The van der Waals surface area contributed by atoms with E-state index in [1.807, 2.05) is 0 Å². The van der Waals surface area contributed by atoms with Crippen LogP contribution in [0.25, 0.3) is 0 Å². The van der Waals surface area contributed by atoms with Gasteiger partial charge in [0, 0.05) is 29.4 Å². The summed E-state index contributed by atoms with van der Waals surface area (Å²) in [5.41, 5.74) is 0.874. The Kier molecular flexibility index (Phi) is 5.37. The van der Waals surface area contributed by atoms with E-state index in [-0.39, 0.29) is 5.91 Å². The fourth-order valence-electron chi connectivity index (χ4n) is 2.76. The Bertz CT molecular complexity index is 813. The monoisotopic (exact) mass is 362 g/mol. The minimum Gasteiger partial charge on any atom is -0.486 e. The highest BCUT2D eigenvalue weighted by Crippen LogP contribution is 2.32. The number of nitrogens with one attached hydrogen (secondary N) is 2. The van der Waals surface area contributed by atoms with Crippen LogP contribution in [0.15, 0.2) is 36.4 Å². The molecule has 2 unspecified atom stereocenters. The van der Waals surface area contributed by atoms with E-state index >= 15 is 0 Å². The van der Waals surface area contributed by atoms with Gasteiger partial charge in [0.05, 0.1) is 6.04 Å². The molecule has 138 valence electrons. The van der Waals surface area contributed by atoms with Gasteiger partial charge < -0.3 is 14.8 Å². The summed E-state index contributed by atoms with van der Waals surface area (Å²) in [4.78, 5) is 12.4. The molecule has 1 amide bonds. The minimum absolute atomic E-state index is 0.281. The number of rotatable bonds is 5. The van der Waals surface area contributed by atoms with Crippen LogP contribution in [0, 0.1) is 11.6 Å². The smallest absolute Gasteiger partial charge is 0.241 e. The van der Waals surface area contributed by atoms with E-state index in [1.165, 1.54) is 12.1 Å². The predicted molar refractivity (Wildman–Crippen MR) is 93.4 cm³/mol. The Morgan fingerprint density at radius 1 is 1.04 bits per heavy atom. The van der Waals surface area contributed by atoms with Crippen LogP contribution in [0.4, 0.5) is 14.5 Å². The lowest BCUT2D eigenvalue weighted by atomic mass is 10.1. The van der Waals surface area contributed by atoms with Crippen molar-refractivity contribution in [3.63, 3.8) is 0 Å². The number of hydrogen-bond donors (Lipinski definition) is 2. The summed E-state index contributed by atoms with van der Waals surface area (Å²) < 4.78 is 37.8. The molecule has 26 heavy (non-hydrogen) atoms. The third kappa shape index (κ3) is 4.11. The maximum absolute atomic E-state index is 13.9. The van der Waals surface area contributed by atoms with Crippen molar-refractivity contribution < 1.29 is 23.0 Å². The Hall–Kier alpha value is -2.67. The van der Waals surface area contributed by atoms with Crippen molar-refractivity contribution in [2.45, 2.75) is 25.9 Å². The van der Waals surface area contributed by atoms with Crippen molar-refractivity contribution in [2.75, 3.05) is 18.5 Å². The van der Waals surface area contributed by atoms with E-state index in [1.54, 1.807) is 32.0 Å². The zero-order valence-corrected chi connectivity index (χ0v) is 14.5. The van der Waals surface area contributed by atoms with Crippen LogP contribution < -0.4 is 20.1 Å². The Morgan fingerprint density at radius 2 is 1.77 bits per heavy atom. The third-order valence-electron chi connectivity index (χ3n) is 4.13. The van der Waals surface area contributed by atoms with Crippen LogP contribution in [0.1, 0.15) is 25.5 Å². The van der Waals surface area contributed by atoms with E-state index in [0.29, 0.717) is 36.0 Å². The van der Waals surface area contributed by atoms with Gasteiger partial charge in [0.1, 0.15) is 24.8 Å². The fraction of sp³-hybridized carbons (Fsp3) is 0.316. The first kappa shape index (κ1) is 18.1. The molecule has 2 N–H and O–H groups in total. The average molecular weight is 362 g/mol. The van der Waals surface area contributed by atoms with Crippen molar-refractivity contribution in [1.29, 1.82) is 0 Å². The summed E-state index contributed by atoms with van der Waals surface area (Å²) in [5.74, 6) is -0.347. The molecule has 3 rings (SSSR count). The summed E-state index contributed by atoms with van der Waals surface area (Å²) in [7, 11) is 0. The predicted octanol–water partition coefficient (Wildman–Crippen LogP) is 3.41. The largest absolute Gasteiger partial charge is 0.486 e. The van der Waals surface area contributed by atoms with Gasteiger partial charge in [0.25, 0.3) is 0 Å². The lowest BCUT2D eigenvalue weighted by molar-refractivity contribution is -0.117. The summed E-state index contributed by atoms with van der Waals surface area (Å²) in [6, 6.07) is 7.49. The molecule has 0 radical (unpaired) electrons. The van der Waals surface area contributed by atoms with Crippen molar-refractivity contribution in [3.8, 4) is 11.5 Å². The van der Waals surface area contributed by atoms with Crippen molar-refractivity contribution in [1.82, 2.24) is 5.32 Å². The first-order chi connectivity index (χ1) is 12.4. The number of fused-ring (bicyclic) bond motifs is 1.